The SMILES string of the molecule is C=Cc1ccc(Cn2cc(NCCCCCCCCC)cn2)o1.O=C(O)c1ncoc1-c1cccc(C(F)(F)F)n1. The normalized spacial score (nSPS) is 11.1. The van der Waals surface area contributed by atoms with Crippen molar-refractivity contribution in [3.8, 4) is 11.5 Å². The van der Waals surface area contributed by atoms with Gasteiger partial charge in [0.05, 0.1) is 18.4 Å². The number of hydrogen-bond acceptors (Lipinski definition) is 7. The molecule has 4 rings (SSSR count). The number of furan rings is 1. The van der Waals surface area contributed by atoms with Crippen molar-refractivity contribution in [2.24, 2.45) is 0 Å². The lowest BCUT2D eigenvalue weighted by atomic mass is 10.1. The summed E-state index contributed by atoms with van der Waals surface area (Å²) in [6, 6.07) is 6.98. The Kier molecular flexibility index (Phi) is 11.7. The summed E-state index contributed by atoms with van der Waals surface area (Å²) in [4.78, 5) is 17.5. The fraction of sp³-hybridized carbons (Fsp3) is 0.379. The zero-order chi connectivity index (χ0) is 29.7. The topological polar surface area (TPSA) is 119 Å². The Hall–Kier alpha value is -4.35. The van der Waals surface area contributed by atoms with E-state index >= 15 is 0 Å². The molecule has 0 bridgehead atoms. The predicted molar refractivity (Wildman–Crippen MR) is 148 cm³/mol. The summed E-state index contributed by atoms with van der Waals surface area (Å²) in [6.45, 7) is 7.62. The number of aromatic carboxylic acids is 1. The summed E-state index contributed by atoms with van der Waals surface area (Å²) in [6.07, 6.45) is 11.2. The van der Waals surface area contributed by atoms with Gasteiger partial charge in [-0.3, -0.25) is 4.68 Å². The maximum atomic E-state index is 12.4. The number of nitrogens with one attached hydrogen (secondary N) is 1. The van der Waals surface area contributed by atoms with E-state index in [2.05, 4.69) is 33.9 Å². The molecule has 4 aromatic rings. The summed E-state index contributed by atoms with van der Waals surface area (Å²) in [5.41, 5.74) is -0.777. The number of rotatable bonds is 14. The van der Waals surface area contributed by atoms with Gasteiger partial charge in [0.15, 0.2) is 17.8 Å². The molecule has 4 heterocycles. The lowest BCUT2D eigenvalue weighted by Crippen LogP contribution is -2.08. The molecule has 4 aromatic heterocycles. The summed E-state index contributed by atoms with van der Waals surface area (Å²) < 4.78 is 49.6. The minimum atomic E-state index is -4.61. The second kappa shape index (κ2) is 15.4. The van der Waals surface area contributed by atoms with Gasteiger partial charge in [0.2, 0.25) is 0 Å². The van der Waals surface area contributed by atoms with E-state index in [-0.39, 0.29) is 11.5 Å². The molecule has 0 saturated heterocycles. The molecule has 220 valence electrons. The molecule has 12 heteroatoms. The van der Waals surface area contributed by atoms with Crippen molar-refractivity contribution in [3.63, 3.8) is 0 Å². The average Bonchev–Trinajstić information content (AvgIpc) is 3.72. The quantitative estimate of drug-likeness (QED) is 0.147. The first-order chi connectivity index (χ1) is 19.7. The number of carbonyl (C=O) groups is 1. The molecule has 0 aromatic carbocycles. The van der Waals surface area contributed by atoms with Crippen molar-refractivity contribution >= 4 is 17.7 Å². The zero-order valence-electron chi connectivity index (χ0n) is 22.9. The maximum Gasteiger partial charge on any atom is 0.433 e. The molecule has 9 nitrogen and oxygen atoms in total. The van der Waals surface area contributed by atoms with Crippen LogP contribution in [0.5, 0.6) is 0 Å². The number of alkyl halides is 3. The molecule has 0 saturated carbocycles. The third kappa shape index (κ3) is 9.96. The van der Waals surface area contributed by atoms with Gasteiger partial charge in [-0.05, 0) is 36.8 Å². The second-order valence-electron chi connectivity index (χ2n) is 9.22. The predicted octanol–water partition coefficient (Wildman–Crippen LogP) is 7.78. The van der Waals surface area contributed by atoms with Gasteiger partial charge < -0.3 is 19.3 Å². The molecule has 0 unspecified atom stereocenters. The fourth-order valence-electron chi connectivity index (χ4n) is 3.90. The first-order valence-corrected chi connectivity index (χ1v) is 13.4. The maximum absolute atomic E-state index is 12.4. The van der Waals surface area contributed by atoms with E-state index in [0.29, 0.717) is 6.54 Å². The van der Waals surface area contributed by atoms with Gasteiger partial charge in [-0.2, -0.15) is 18.3 Å². The van der Waals surface area contributed by atoms with Crippen molar-refractivity contribution < 1.29 is 31.9 Å². The summed E-state index contributed by atoms with van der Waals surface area (Å²) >= 11 is 0. The van der Waals surface area contributed by atoms with Crippen molar-refractivity contribution in [2.75, 3.05) is 11.9 Å². The number of carboxylic acid groups (broad SMARTS) is 1. The van der Waals surface area contributed by atoms with E-state index in [0.717, 1.165) is 42.3 Å². The Balaban J connectivity index is 0.000000232. The lowest BCUT2D eigenvalue weighted by Gasteiger charge is -2.06. The molecule has 0 aliphatic rings. The summed E-state index contributed by atoms with van der Waals surface area (Å²) in [7, 11) is 0. The summed E-state index contributed by atoms with van der Waals surface area (Å²) in [5, 5.41) is 16.6. The van der Waals surface area contributed by atoms with Crippen molar-refractivity contribution in [3.05, 3.63) is 78.6 Å². The molecule has 0 aliphatic carbocycles. The van der Waals surface area contributed by atoms with Gasteiger partial charge in [0, 0.05) is 12.7 Å². The van der Waals surface area contributed by atoms with Gasteiger partial charge in [-0.15, -0.1) is 0 Å². The van der Waals surface area contributed by atoms with Crippen LogP contribution in [0, 0.1) is 0 Å². The zero-order valence-corrected chi connectivity index (χ0v) is 22.9. The average molecular weight is 574 g/mol. The second-order valence-corrected chi connectivity index (χ2v) is 9.22. The molecular formula is C29H34F3N5O4. The van der Waals surface area contributed by atoms with Crippen molar-refractivity contribution in [1.29, 1.82) is 0 Å². The van der Waals surface area contributed by atoms with Gasteiger partial charge in [-0.1, -0.05) is 58.1 Å². The minimum absolute atomic E-state index is 0.236. The lowest BCUT2D eigenvalue weighted by molar-refractivity contribution is -0.141. The third-order valence-corrected chi connectivity index (χ3v) is 5.99. The highest BCUT2D eigenvalue weighted by molar-refractivity contribution is 5.91. The van der Waals surface area contributed by atoms with Gasteiger partial charge in [-0.25, -0.2) is 14.8 Å². The number of pyridine rings is 1. The van der Waals surface area contributed by atoms with Crippen LogP contribution in [0.1, 0.15) is 79.6 Å². The molecule has 0 atom stereocenters. The van der Waals surface area contributed by atoms with Crippen LogP contribution in [0.25, 0.3) is 17.5 Å². The Labute approximate surface area is 236 Å². The Bertz CT molecular complexity index is 1380. The van der Waals surface area contributed by atoms with Crippen molar-refractivity contribution in [1.82, 2.24) is 19.7 Å². The Morgan fingerprint density at radius 2 is 1.88 bits per heavy atom. The number of oxazole rings is 1. The van der Waals surface area contributed by atoms with Crippen LogP contribution in [0.4, 0.5) is 18.9 Å². The van der Waals surface area contributed by atoms with E-state index in [1.54, 1.807) is 6.08 Å². The Morgan fingerprint density at radius 1 is 1.12 bits per heavy atom. The largest absolute Gasteiger partial charge is 0.476 e. The highest BCUT2D eigenvalue weighted by Crippen LogP contribution is 2.30. The molecule has 0 fully saturated rings. The van der Waals surface area contributed by atoms with Crippen molar-refractivity contribution in [2.45, 2.75) is 64.6 Å². The number of halogens is 3. The van der Waals surface area contributed by atoms with Gasteiger partial charge >= 0.3 is 12.1 Å². The molecule has 0 radical (unpaired) electrons. The fourth-order valence-corrected chi connectivity index (χ4v) is 3.90. The van der Waals surface area contributed by atoms with E-state index in [1.807, 2.05) is 29.2 Å². The molecular weight excluding hydrogens is 539 g/mol. The standard InChI is InChI=1S/C19H29N3O.C10H5F3N2O3/c1-3-5-6-7-8-9-10-13-20-17-14-21-22(15-17)16-19-12-11-18(4-2)23-19;11-10(12,13)6-3-1-2-5(15-6)8-7(9(16)17)14-4-18-8/h4,11-12,14-15,20H,2-3,5-10,13,16H2,1H3;1-4H,(H,16,17). The molecule has 41 heavy (non-hydrogen) atoms. The first kappa shape index (κ1) is 31.2. The van der Waals surface area contributed by atoms with E-state index in [9.17, 15) is 18.0 Å². The smallest absolute Gasteiger partial charge is 0.433 e. The van der Waals surface area contributed by atoms with Crippen LogP contribution in [-0.4, -0.2) is 37.4 Å². The number of unbranched alkanes of at least 4 members (excludes halogenated alkanes) is 6. The van der Waals surface area contributed by atoms with E-state index < -0.39 is 23.5 Å². The minimum Gasteiger partial charge on any atom is -0.476 e. The highest BCUT2D eigenvalue weighted by Gasteiger charge is 2.33. The van der Waals surface area contributed by atoms with Crippen LogP contribution in [0.15, 0.2) is 64.5 Å². The first-order valence-electron chi connectivity index (χ1n) is 13.4. The van der Waals surface area contributed by atoms with Crippen LogP contribution < -0.4 is 5.32 Å². The van der Waals surface area contributed by atoms with E-state index in [4.69, 9.17) is 13.9 Å². The highest BCUT2D eigenvalue weighted by atomic mass is 19.4. The number of hydrogen-bond donors (Lipinski definition) is 2. The number of anilines is 1. The van der Waals surface area contributed by atoms with Crippen LogP contribution in [0.2, 0.25) is 0 Å². The Morgan fingerprint density at radius 3 is 2.56 bits per heavy atom. The van der Waals surface area contributed by atoms with Crippen LogP contribution in [0.3, 0.4) is 0 Å². The number of aromatic nitrogens is 4. The summed E-state index contributed by atoms with van der Waals surface area (Å²) in [5.74, 6) is -0.0300. The molecule has 0 spiro atoms. The molecule has 2 N–H and O–H groups in total. The van der Waals surface area contributed by atoms with Gasteiger partial charge in [0.25, 0.3) is 0 Å². The van der Waals surface area contributed by atoms with E-state index in [1.165, 1.54) is 51.0 Å². The third-order valence-electron chi connectivity index (χ3n) is 5.99. The monoisotopic (exact) mass is 573 g/mol. The number of nitrogens with zero attached hydrogens (tertiary/aromatic N) is 4. The molecule has 0 aliphatic heterocycles. The van der Waals surface area contributed by atoms with Crippen LogP contribution in [-0.2, 0) is 12.7 Å². The molecule has 0 amide bonds. The van der Waals surface area contributed by atoms with Gasteiger partial charge in [0.1, 0.15) is 22.9 Å². The van der Waals surface area contributed by atoms with Crippen LogP contribution >= 0.6 is 0 Å². The number of carboxylic acids is 1.